The van der Waals surface area contributed by atoms with Gasteiger partial charge in [-0.1, -0.05) is 24.3 Å². The quantitative estimate of drug-likeness (QED) is 0.354. The molecule has 0 N–H and O–H groups in total. The summed E-state index contributed by atoms with van der Waals surface area (Å²) < 4.78 is 5.22. The molecule has 0 rings (SSSR count). The molecule has 0 aliphatic carbocycles. The van der Waals surface area contributed by atoms with Gasteiger partial charge in [-0.25, -0.2) is 0 Å². The van der Waals surface area contributed by atoms with Crippen molar-refractivity contribution in [2.24, 2.45) is 0 Å². The molecule has 0 radical (unpaired) electrons. The van der Waals surface area contributed by atoms with E-state index in [0.717, 1.165) is 5.57 Å². The molecule has 2 heteroatoms. The van der Waals surface area contributed by atoms with Gasteiger partial charge in [0.1, 0.15) is 0 Å². The zero-order chi connectivity index (χ0) is 8.69. The van der Waals surface area contributed by atoms with Crippen molar-refractivity contribution >= 4 is 11.6 Å². The second-order valence-corrected chi connectivity index (χ2v) is 2.95. The standard InChI is InChI=1S/C9H15ClO/c1-4-5-6-11-7-9(10)8(2)3/h4-5,9H,2,6-7H2,1,3H3/b5-4+. The zero-order valence-corrected chi connectivity index (χ0v) is 7.90. The Balaban J connectivity index is 3.31. The summed E-state index contributed by atoms with van der Waals surface area (Å²) in [6.07, 6.45) is 3.89. The summed E-state index contributed by atoms with van der Waals surface area (Å²) in [5.41, 5.74) is 0.951. The Morgan fingerprint density at radius 1 is 1.73 bits per heavy atom. The second kappa shape index (κ2) is 6.44. The summed E-state index contributed by atoms with van der Waals surface area (Å²) in [6, 6.07) is 0. The van der Waals surface area contributed by atoms with Crippen molar-refractivity contribution in [3.05, 3.63) is 24.3 Å². The summed E-state index contributed by atoms with van der Waals surface area (Å²) in [6.45, 7) is 8.76. The van der Waals surface area contributed by atoms with Gasteiger partial charge >= 0.3 is 0 Å². The van der Waals surface area contributed by atoms with Crippen molar-refractivity contribution in [1.29, 1.82) is 0 Å². The van der Waals surface area contributed by atoms with E-state index < -0.39 is 0 Å². The van der Waals surface area contributed by atoms with Crippen LogP contribution in [0.25, 0.3) is 0 Å². The number of alkyl halides is 1. The monoisotopic (exact) mass is 174 g/mol. The lowest BCUT2D eigenvalue weighted by Gasteiger charge is -2.07. The van der Waals surface area contributed by atoms with E-state index >= 15 is 0 Å². The van der Waals surface area contributed by atoms with Crippen molar-refractivity contribution in [1.82, 2.24) is 0 Å². The summed E-state index contributed by atoms with van der Waals surface area (Å²) in [5, 5.41) is -0.0553. The van der Waals surface area contributed by atoms with Crippen LogP contribution in [-0.4, -0.2) is 18.6 Å². The molecule has 0 fully saturated rings. The maximum absolute atomic E-state index is 5.85. The lowest BCUT2D eigenvalue weighted by Crippen LogP contribution is -2.09. The normalized spacial score (nSPS) is 13.7. The Morgan fingerprint density at radius 3 is 2.82 bits per heavy atom. The van der Waals surface area contributed by atoms with Crippen molar-refractivity contribution in [3.63, 3.8) is 0 Å². The van der Waals surface area contributed by atoms with Crippen LogP contribution in [0.5, 0.6) is 0 Å². The average molecular weight is 175 g/mol. The molecule has 1 nitrogen and oxygen atoms in total. The molecule has 0 aliphatic heterocycles. The second-order valence-electron chi connectivity index (χ2n) is 2.42. The van der Waals surface area contributed by atoms with Crippen LogP contribution in [0.2, 0.25) is 0 Å². The minimum absolute atomic E-state index is 0.0553. The molecule has 0 heterocycles. The highest BCUT2D eigenvalue weighted by Crippen LogP contribution is 2.06. The van der Waals surface area contributed by atoms with Crippen LogP contribution in [0, 0.1) is 0 Å². The molecular formula is C9H15ClO. The smallest absolute Gasteiger partial charge is 0.0774 e. The number of hydrogen-bond donors (Lipinski definition) is 0. The summed E-state index contributed by atoms with van der Waals surface area (Å²) >= 11 is 5.85. The SMILES string of the molecule is C=C(C)C(Cl)COC/C=C/C. The molecule has 0 spiro atoms. The van der Waals surface area contributed by atoms with Gasteiger partial charge < -0.3 is 4.74 Å². The zero-order valence-electron chi connectivity index (χ0n) is 7.14. The minimum Gasteiger partial charge on any atom is -0.376 e. The Kier molecular flexibility index (Phi) is 6.28. The number of rotatable bonds is 5. The third-order valence-corrected chi connectivity index (χ3v) is 1.75. The molecule has 1 atom stereocenters. The Labute approximate surface area is 73.7 Å². The third kappa shape index (κ3) is 6.14. The number of halogens is 1. The van der Waals surface area contributed by atoms with E-state index in [0.29, 0.717) is 13.2 Å². The van der Waals surface area contributed by atoms with E-state index in [4.69, 9.17) is 16.3 Å². The molecule has 0 aromatic rings. The molecule has 0 aromatic carbocycles. The summed E-state index contributed by atoms with van der Waals surface area (Å²) in [4.78, 5) is 0. The van der Waals surface area contributed by atoms with Gasteiger partial charge in [0.2, 0.25) is 0 Å². The van der Waals surface area contributed by atoms with Gasteiger partial charge in [0.05, 0.1) is 18.6 Å². The largest absolute Gasteiger partial charge is 0.376 e. The number of allylic oxidation sites excluding steroid dienone is 1. The molecule has 0 aliphatic rings. The van der Waals surface area contributed by atoms with E-state index in [1.54, 1.807) is 0 Å². The predicted octanol–water partition coefficient (Wildman–Crippen LogP) is 2.76. The van der Waals surface area contributed by atoms with Crippen molar-refractivity contribution in [2.75, 3.05) is 13.2 Å². The molecule has 0 amide bonds. The highest BCUT2D eigenvalue weighted by molar-refractivity contribution is 6.22. The van der Waals surface area contributed by atoms with Gasteiger partial charge in [-0.3, -0.25) is 0 Å². The molecule has 0 saturated carbocycles. The topological polar surface area (TPSA) is 9.23 Å². The number of ether oxygens (including phenoxy) is 1. The molecule has 64 valence electrons. The van der Waals surface area contributed by atoms with Crippen LogP contribution in [-0.2, 0) is 4.74 Å². The Bertz CT molecular complexity index is 140. The Morgan fingerprint density at radius 2 is 2.36 bits per heavy atom. The maximum Gasteiger partial charge on any atom is 0.0774 e. The van der Waals surface area contributed by atoms with Crippen LogP contribution in [0.1, 0.15) is 13.8 Å². The fourth-order valence-electron chi connectivity index (χ4n) is 0.478. The van der Waals surface area contributed by atoms with Crippen molar-refractivity contribution in [2.45, 2.75) is 19.2 Å². The molecule has 11 heavy (non-hydrogen) atoms. The van der Waals surface area contributed by atoms with E-state index in [1.807, 2.05) is 26.0 Å². The first-order chi connectivity index (χ1) is 5.18. The van der Waals surface area contributed by atoms with Crippen LogP contribution >= 0.6 is 11.6 Å². The first kappa shape index (κ1) is 10.7. The first-order valence-corrected chi connectivity index (χ1v) is 4.10. The van der Waals surface area contributed by atoms with Gasteiger partial charge in [-0.05, 0) is 13.8 Å². The van der Waals surface area contributed by atoms with Crippen LogP contribution in [0.15, 0.2) is 24.3 Å². The summed E-state index contributed by atoms with van der Waals surface area (Å²) in [7, 11) is 0. The average Bonchev–Trinajstić information content (AvgIpc) is 1.97. The summed E-state index contributed by atoms with van der Waals surface area (Å²) in [5.74, 6) is 0. The van der Waals surface area contributed by atoms with Gasteiger partial charge in [0.15, 0.2) is 0 Å². The highest BCUT2D eigenvalue weighted by Gasteiger charge is 2.02. The van der Waals surface area contributed by atoms with E-state index in [-0.39, 0.29) is 5.38 Å². The van der Waals surface area contributed by atoms with E-state index in [2.05, 4.69) is 6.58 Å². The molecule has 1 unspecified atom stereocenters. The van der Waals surface area contributed by atoms with Gasteiger partial charge in [-0.2, -0.15) is 0 Å². The van der Waals surface area contributed by atoms with Gasteiger partial charge in [0, 0.05) is 0 Å². The highest BCUT2D eigenvalue weighted by atomic mass is 35.5. The van der Waals surface area contributed by atoms with Crippen LogP contribution < -0.4 is 0 Å². The fraction of sp³-hybridized carbons (Fsp3) is 0.556. The van der Waals surface area contributed by atoms with E-state index in [1.165, 1.54) is 0 Å². The Hall–Kier alpha value is -0.270. The van der Waals surface area contributed by atoms with Gasteiger partial charge in [0.25, 0.3) is 0 Å². The molecule has 0 saturated heterocycles. The first-order valence-electron chi connectivity index (χ1n) is 3.66. The lowest BCUT2D eigenvalue weighted by molar-refractivity contribution is 0.167. The van der Waals surface area contributed by atoms with Crippen LogP contribution in [0.4, 0.5) is 0 Å². The molecule has 0 aromatic heterocycles. The lowest BCUT2D eigenvalue weighted by atomic mass is 10.2. The molecule has 0 bridgehead atoms. The third-order valence-electron chi connectivity index (χ3n) is 1.25. The maximum atomic E-state index is 5.85. The number of hydrogen-bond acceptors (Lipinski definition) is 1. The predicted molar refractivity (Wildman–Crippen MR) is 50.1 cm³/mol. The van der Waals surface area contributed by atoms with Crippen molar-refractivity contribution < 1.29 is 4.74 Å². The van der Waals surface area contributed by atoms with Gasteiger partial charge in [-0.15, -0.1) is 11.6 Å². The van der Waals surface area contributed by atoms with Crippen LogP contribution in [0.3, 0.4) is 0 Å². The van der Waals surface area contributed by atoms with E-state index in [9.17, 15) is 0 Å². The van der Waals surface area contributed by atoms with Crippen molar-refractivity contribution in [3.8, 4) is 0 Å². The minimum atomic E-state index is -0.0553. The molecular weight excluding hydrogens is 160 g/mol. The fourth-order valence-corrected chi connectivity index (χ4v) is 0.567.